The first-order valence-electron chi connectivity index (χ1n) is 8.80. The van der Waals surface area contributed by atoms with Crippen LogP contribution >= 0.6 is 0 Å². The molecule has 0 bridgehead atoms. The van der Waals surface area contributed by atoms with E-state index in [0.29, 0.717) is 11.6 Å². The number of hydrogen-bond acceptors (Lipinski definition) is 3. The summed E-state index contributed by atoms with van der Waals surface area (Å²) in [4.78, 5) is 17.1. The van der Waals surface area contributed by atoms with Gasteiger partial charge in [0.1, 0.15) is 5.69 Å². The van der Waals surface area contributed by atoms with Gasteiger partial charge in [-0.25, -0.2) is 0 Å². The zero-order chi connectivity index (χ0) is 16.7. The van der Waals surface area contributed by atoms with Crippen LogP contribution in [0.15, 0.2) is 30.3 Å². The maximum Gasteiger partial charge on any atom is 0.274 e. The van der Waals surface area contributed by atoms with E-state index in [4.69, 9.17) is 0 Å². The molecule has 4 rings (SSSR count). The summed E-state index contributed by atoms with van der Waals surface area (Å²) in [6, 6.07) is 10.6. The summed E-state index contributed by atoms with van der Waals surface area (Å²) in [7, 11) is 0. The number of aromatic amines is 1. The molecular formula is C19H24N4O. The van der Waals surface area contributed by atoms with Crippen molar-refractivity contribution in [3.8, 4) is 0 Å². The molecule has 1 aromatic heterocycles. The van der Waals surface area contributed by atoms with Crippen LogP contribution in [0.1, 0.15) is 47.4 Å². The Kier molecular flexibility index (Phi) is 3.79. The summed E-state index contributed by atoms with van der Waals surface area (Å²) in [6.45, 7) is 6.72. The number of anilines is 1. The summed E-state index contributed by atoms with van der Waals surface area (Å²) in [5.74, 6) is 0.643. The number of carbonyl (C=O) groups is 1. The molecule has 5 heteroatoms. The normalized spacial score (nSPS) is 21.2. The summed E-state index contributed by atoms with van der Waals surface area (Å²) >= 11 is 0. The Morgan fingerprint density at radius 2 is 2.04 bits per heavy atom. The molecule has 126 valence electrons. The molecule has 2 aliphatic rings. The van der Waals surface area contributed by atoms with Gasteiger partial charge in [-0.3, -0.25) is 9.89 Å². The van der Waals surface area contributed by atoms with Crippen LogP contribution in [0.3, 0.4) is 0 Å². The lowest BCUT2D eigenvalue weighted by molar-refractivity contribution is 0.0668. The summed E-state index contributed by atoms with van der Waals surface area (Å²) < 4.78 is 0. The Hall–Kier alpha value is -2.30. The largest absolute Gasteiger partial charge is 0.367 e. The van der Waals surface area contributed by atoms with E-state index >= 15 is 0 Å². The average molecular weight is 324 g/mol. The van der Waals surface area contributed by atoms with Crippen LogP contribution in [-0.2, 0) is 0 Å². The van der Waals surface area contributed by atoms with Crippen LogP contribution in [0.5, 0.6) is 0 Å². The van der Waals surface area contributed by atoms with Gasteiger partial charge >= 0.3 is 0 Å². The van der Waals surface area contributed by atoms with Crippen LogP contribution in [-0.4, -0.2) is 46.7 Å². The number of nitrogens with zero attached hydrogens (tertiary/aromatic N) is 3. The van der Waals surface area contributed by atoms with Crippen molar-refractivity contribution in [2.75, 3.05) is 24.5 Å². The molecule has 1 saturated heterocycles. The van der Waals surface area contributed by atoms with Gasteiger partial charge in [-0.05, 0) is 44.4 Å². The smallest absolute Gasteiger partial charge is 0.274 e. The second-order valence-corrected chi connectivity index (χ2v) is 7.06. The SMILES string of the molecule is Cc1ccccc1N1CCN(C(=O)c2cc(C3CC3)[nH]n2)C(C)C1. The Labute approximate surface area is 142 Å². The van der Waals surface area contributed by atoms with Crippen molar-refractivity contribution in [2.45, 2.75) is 38.6 Å². The maximum absolute atomic E-state index is 12.8. The number of aromatic nitrogens is 2. The highest BCUT2D eigenvalue weighted by Gasteiger charge is 2.31. The zero-order valence-corrected chi connectivity index (χ0v) is 14.3. The van der Waals surface area contributed by atoms with E-state index in [9.17, 15) is 4.79 Å². The number of para-hydroxylation sites is 1. The number of carbonyl (C=O) groups excluding carboxylic acids is 1. The molecule has 1 N–H and O–H groups in total. The number of benzene rings is 1. The molecule has 1 unspecified atom stereocenters. The molecule has 24 heavy (non-hydrogen) atoms. The van der Waals surface area contributed by atoms with Crippen LogP contribution in [0, 0.1) is 6.92 Å². The highest BCUT2D eigenvalue weighted by Crippen LogP contribution is 2.39. The molecular weight excluding hydrogens is 300 g/mol. The second-order valence-electron chi connectivity index (χ2n) is 7.06. The zero-order valence-electron chi connectivity index (χ0n) is 14.3. The van der Waals surface area contributed by atoms with Crippen LogP contribution in [0.4, 0.5) is 5.69 Å². The maximum atomic E-state index is 12.8. The Morgan fingerprint density at radius 3 is 2.75 bits per heavy atom. The molecule has 1 aliphatic carbocycles. The van der Waals surface area contributed by atoms with Crippen LogP contribution in [0.25, 0.3) is 0 Å². The number of H-pyrrole nitrogens is 1. The standard InChI is InChI=1S/C19H24N4O/c1-13-5-3-4-6-18(13)22-9-10-23(14(2)12-22)19(24)17-11-16(20-21-17)15-7-8-15/h3-6,11,14-15H,7-10,12H2,1-2H3,(H,20,21). The quantitative estimate of drug-likeness (QED) is 0.944. The number of aryl methyl sites for hydroxylation is 1. The van der Waals surface area contributed by atoms with Crippen molar-refractivity contribution in [3.05, 3.63) is 47.3 Å². The minimum Gasteiger partial charge on any atom is -0.367 e. The number of piperazine rings is 1. The van der Waals surface area contributed by atoms with Gasteiger partial charge < -0.3 is 9.80 Å². The summed E-state index contributed by atoms with van der Waals surface area (Å²) in [5, 5.41) is 7.29. The minimum absolute atomic E-state index is 0.0510. The number of hydrogen-bond donors (Lipinski definition) is 1. The second kappa shape index (κ2) is 5.96. The van der Waals surface area contributed by atoms with E-state index in [-0.39, 0.29) is 11.9 Å². The average Bonchev–Trinajstić information content (AvgIpc) is 3.32. The lowest BCUT2D eigenvalue weighted by Gasteiger charge is -2.41. The van der Waals surface area contributed by atoms with E-state index in [1.165, 1.54) is 24.1 Å². The van der Waals surface area contributed by atoms with Gasteiger partial charge in [-0.15, -0.1) is 0 Å². The fraction of sp³-hybridized carbons (Fsp3) is 0.474. The molecule has 2 fully saturated rings. The van der Waals surface area contributed by atoms with Crippen molar-refractivity contribution in [3.63, 3.8) is 0 Å². The van der Waals surface area contributed by atoms with Crippen LogP contribution < -0.4 is 4.90 Å². The highest BCUT2D eigenvalue weighted by atomic mass is 16.2. The van der Waals surface area contributed by atoms with E-state index < -0.39 is 0 Å². The van der Waals surface area contributed by atoms with Crippen molar-refractivity contribution >= 4 is 11.6 Å². The molecule has 1 atom stereocenters. The molecule has 1 aliphatic heterocycles. The van der Waals surface area contributed by atoms with Gasteiger partial charge in [0.25, 0.3) is 5.91 Å². The molecule has 5 nitrogen and oxygen atoms in total. The molecule has 1 amide bonds. The van der Waals surface area contributed by atoms with Gasteiger partial charge in [0.05, 0.1) is 0 Å². The summed E-state index contributed by atoms with van der Waals surface area (Å²) in [6.07, 6.45) is 2.42. The third kappa shape index (κ3) is 2.79. The topological polar surface area (TPSA) is 52.2 Å². The first-order chi connectivity index (χ1) is 11.6. The Morgan fingerprint density at radius 1 is 1.25 bits per heavy atom. The molecule has 0 spiro atoms. The van der Waals surface area contributed by atoms with Gasteiger partial charge in [0, 0.05) is 43.0 Å². The van der Waals surface area contributed by atoms with E-state index in [1.807, 2.05) is 11.0 Å². The van der Waals surface area contributed by atoms with Crippen molar-refractivity contribution in [2.24, 2.45) is 0 Å². The fourth-order valence-electron chi connectivity index (χ4n) is 3.59. The van der Waals surface area contributed by atoms with Gasteiger partial charge in [0.15, 0.2) is 0 Å². The molecule has 1 aromatic carbocycles. The van der Waals surface area contributed by atoms with Gasteiger partial charge in [-0.1, -0.05) is 18.2 Å². The lowest BCUT2D eigenvalue weighted by atomic mass is 10.1. The Balaban J connectivity index is 1.46. The first kappa shape index (κ1) is 15.2. The third-order valence-electron chi connectivity index (χ3n) is 5.18. The van der Waals surface area contributed by atoms with Crippen molar-refractivity contribution < 1.29 is 4.79 Å². The predicted molar refractivity (Wildman–Crippen MR) is 94.5 cm³/mol. The predicted octanol–water partition coefficient (Wildman–Crippen LogP) is 2.95. The molecule has 2 aromatic rings. The van der Waals surface area contributed by atoms with Crippen LogP contribution in [0.2, 0.25) is 0 Å². The molecule has 0 radical (unpaired) electrons. The van der Waals surface area contributed by atoms with Gasteiger partial charge in [-0.2, -0.15) is 5.10 Å². The monoisotopic (exact) mass is 324 g/mol. The lowest BCUT2D eigenvalue weighted by Crippen LogP contribution is -2.54. The number of rotatable bonds is 3. The molecule has 1 saturated carbocycles. The Bertz CT molecular complexity index is 749. The first-order valence-corrected chi connectivity index (χ1v) is 8.80. The summed E-state index contributed by atoms with van der Waals surface area (Å²) in [5.41, 5.74) is 4.23. The van der Waals surface area contributed by atoms with Gasteiger partial charge in [0.2, 0.25) is 0 Å². The third-order valence-corrected chi connectivity index (χ3v) is 5.18. The fourth-order valence-corrected chi connectivity index (χ4v) is 3.59. The van der Waals surface area contributed by atoms with E-state index in [0.717, 1.165) is 25.3 Å². The number of amides is 1. The molecule has 2 heterocycles. The highest BCUT2D eigenvalue weighted by molar-refractivity contribution is 5.92. The number of nitrogens with one attached hydrogen (secondary N) is 1. The van der Waals surface area contributed by atoms with Crippen molar-refractivity contribution in [1.29, 1.82) is 0 Å². The van der Waals surface area contributed by atoms with E-state index in [1.54, 1.807) is 0 Å². The van der Waals surface area contributed by atoms with E-state index in [2.05, 4.69) is 53.2 Å². The minimum atomic E-state index is 0.0510. The van der Waals surface area contributed by atoms with Crippen molar-refractivity contribution in [1.82, 2.24) is 15.1 Å².